The summed E-state index contributed by atoms with van der Waals surface area (Å²) < 4.78 is 0. The van der Waals surface area contributed by atoms with Crippen LogP contribution in [0.4, 0.5) is 5.69 Å². The number of benzene rings is 1. The highest BCUT2D eigenvalue weighted by atomic mass is 16.4. The third-order valence-electron chi connectivity index (χ3n) is 3.78. The fourth-order valence-corrected chi connectivity index (χ4v) is 2.62. The molecule has 3 rings (SSSR count). The molecule has 4 nitrogen and oxygen atoms in total. The highest BCUT2D eigenvalue weighted by Crippen LogP contribution is 2.35. The molecule has 20 heavy (non-hydrogen) atoms. The molecule has 4 heteroatoms. The minimum atomic E-state index is -0.940. The van der Waals surface area contributed by atoms with Crippen molar-refractivity contribution >= 4 is 22.6 Å². The van der Waals surface area contributed by atoms with Gasteiger partial charge in [0.15, 0.2) is 0 Å². The first kappa shape index (κ1) is 12.9. The molecule has 1 fully saturated rings. The Morgan fingerprint density at radius 2 is 2.20 bits per heavy atom. The molecule has 104 valence electrons. The van der Waals surface area contributed by atoms with E-state index >= 15 is 0 Å². The Morgan fingerprint density at radius 3 is 2.90 bits per heavy atom. The van der Waals surface area contributed by atoms with E-state index in [9.17, 15) is 9.90 Å². The van der Waals surface area contributed by atoms with Gasteiger partial charge in [-0.05, 0) is 25.3 Å². The zero-order valence-corrected chi connectivity index (χ0v) is 11.5. The van der Waals surface area contributed by atoms with Crippen LogP contribution < -0.4 is 5.32 Å². The van der Waals surface area contributed by atoms with Crippen LogP contribution in [0, 0.1) is 5.92 Å². The molecule has 2 N–H and O–H groups in total. The summed E-state index contributed by atoms with van der Waals surface area (Å²) >= 11 is 0. The van der Waals surface area contributed by atoms with Crippen molar-refractivity contribution in [3.63, 3.8) is 0 Å². The van der Waals surface area contributed by atoms with Crippen LogP contribution in [0.5, 0.6) is 0 Å². The van der Waals surface area contributed by atoms with Gasteiger partial charge < -0.3 is 10.4 Å². The number of anilines is 1. The number of nitrogens with zero attached hydrogens (tertiary/aromatic N) is 1. The number of nitrogens with one attached hydrogen (secondary N) is 1. The van der Waals surface area contributed by atoms with E-state index in [2.05, 4.69) is 17.2 Å². The third-order valence-corrected chi connectivity index (χ3v) is 3.78. The number of aromatic nitrogens is 1. The topological polar surface area (TPSA) is 62.2 Å². The van der Waals surface area contributed by atoms with Gasteiger partial charge in [-0.3, -0.25) is 4.98 Å². The van der Waals surface area contributed by atoms with E-state index in [0.29, 0.717) is 5.69 Å². The summed E-state index contributed by atoms with van der Waals surface area (Å²) in [4.78, 5) is 15.6. The van der Waals surface area contributed by atoms with Crippen molar-refractivity contribution in [2.45, 2.75) is 32.2 Å². The predicted molar refractivity (Wildman–Crippen MR) is 79.1 cm³/mol. The first-order valence-electron chi connectivity index (χ1n) is 7.02. The minimum absolute atomic E-state index is 0.242. The van der Waals surface area contributed by atoms with E-state index in [4.69, 9.17) is 0 Å². The monoisotopic (exact) mass is 270 g/mol. The summed E-state index contributed by atoms with van der Waals surface area (Å²) in [6.07, 6.45) is 5.14. The lowest BCUT2D eigenvalue weighted by molar-refractivity contribution is 0.0697. The normalized spacial score (nSPS) is 16.1. The van der Waals surface area contributed by atoms with Crippen molar-refractivity contribution in [3.8, 4) is 0 Å². The number of carboxylic acids is 1. The minimum Gasteiger partial charge on any atom is -0.478 e. The highest BCUT2D eigenvalue weighted by Gasteiger charge is 2.24. The highest BCUT2D eigenvalue weighted by molar-refractivity contribution is 6.04. The maximum atomic E-state index is 11.4. The summed E-state index contributed by atoms with van der Waals surface area (Å²) in [6.45, 7) is 2.11. The molecule has 0 bridgehead atoms. The van der Waals surface area contributed by atoms with E-state index in [0.717, 1.165) is 23.2 Å². The van der Waals surface area contributed by atoms with E-state index < -0.39 is 5.97 Å². The second-order valence-corrected chi connectivity index (χ2v) is 5.59. The molecule has 1 aromatic heterocycles. The summed E-state index contributed by atoms with van der Waals surface area (Å²) in [7, 11) is 0. The number of carboxylic acid groups (broad SMARTS) is 1. The van der Waals surface area contributed by atoms with Gasteiger partial charge >= 0.3 is 5.97 Å². The number of pyridine rings is 1. The Hall–Kier alpha value is -2.10. The third kappa shape index (κ3) is 2.59. The molecule has 1 aliphatic carbocycles. The average molecular weight is 270 g/mol. The van der Waals surface area contributed by atoms with Crippen LogP contribution in [0.1, 0.15) is 36.5 Å². The van der Waals surface area contributed by atoms with Crippen LogP contribution in [0.25, 0.3) is 10.9 Å². The van der Waals surface area contributed by atoms with Crippen LogP contribution in [0.15, 0.2) is 30.5 Å². The van der Waals surface area contributed by atoms with Gasteiger partial charge in [0.1, 0.15) is 5.56 Å². The summed E-state index contributed by atoms with van der Waals surface area (Å²) in [5.41, 5.74) is 1.75. The zero-order valence-electron chi connectivity index (χ0n) is 11.5. The maximum absolute atomic E-state index is 11.4. The zero-order chi connectivity index (χ0) is 14.1. The number of rotatable bonds is 5. The first-order chi connectivity index (χ1) is 9.65. The second-order valence-electron chi connectivity index (χ2n) is 5.59. The number of aromatic carboxylic acids is 1. The fraction of sp³-hybridized carbons (Fsp3) is 0.375. The van der Waals surface area contributed by atoms with Crippen molar-refractivity contribution < 1.29 is 9.90 Å². The van der Waals surface area contributed by atoms with Gasteiger partial charge in [-0.25, -0.2) is 4.79 Å². The van der Waals surface area contributed by atoms with Crippen molar-refractivity contribution in [2.75, 3.05) is 5.32 Å². The molecule has 1 atom stereocenters. The summed E-state index contributed by atoms with van der Waals surface area (Å²) in [6, 6.07) is 7.91. The number of hydrogen-bond donors (Lipinski definition) is 2. The molecule has 2 aromatic rings. The largest absolute Gasteiger partial charge is 0.478 e. The summed E-state index contributed by atoms with van der Waals surface area (Å²) in [5, 5.41) is 13.6. The molecular formula is C16H18N2O2. The van der Waals surface area contributed by atoms with Gasteiger partial charge in [0.05, 0.1) is 11.2 Å². The first-order valence-corrected chi connectivity index (χ1v) is 7.02. The van der Waals surface area contributed by atoms with Gasteiger partial charge in [-0.1, -0.05) is 31.0 Å². The van der Waals surface area contributed by atoms with Crippen LogP contribution in [-0.4, -0.2) is 22.1 Å². The smallest absolute Gasteiger partial charge is 0.339 e. The Morgan fingerprint density at radius 1 is 1.45 bits per heavy atom. The van der Waals surface area contributed by atoms with Gasteiger partial charge in [0.25, 0.3) is 0 Å². The molecule has 0 spiro atoms. The van der Waals surface area contributed by atoms with Crippen LogP contribution in [0.2, 0.25) is 0 Å². The second kappa shape index (κ2) is 5.12. The average Bonchev–Trinajstić information content (AvgIpc) is 3.22. The molecule has 1 unspecified atom stereocenters. The van der Waals surface area contributed by atoms with E-state index in [1.54, 1.807) is 0 Å². The fourth-order valence-electron chi connectivity index (χ4n) is 2.62. The van der Waals surface area contributed by atoms with Gasteiger partial charge in [0.2, 0.25) is 0 Å². The molecule has 1 heterocycles. The lowest BCUT2D eigenvalue weighted by atomic mass is 10.1. The molecule has 1 aliphatic rings. The number of fused-ring (bicyclic) bond motifs is 1. The summed E-state index contributed by atoms with van der Waals surface area (Å²) in [5.74, 6) is -0.136. The Kier molecular flexibility index (Phi) is 3.30. The molecule has 0 aliphatic heterocycles. The van der Waals surface area contributed by atoms with Crippen LogP contribution >= 0.6 is 0 Å². The lowest BCUT2D eigenvalue weighted by Gasteiger charge is -2.18. The lowest BCUT2D eigenvalue weighted by Crippen LogP contribution is -2.18. The van der Waals surface area contributed by atoms with Crippen molar-refractivity contribution in [1.29, 1.82) is 0 Å². The molecule has 0 amide bonds. The Balaban J connectivity index is 1.99. The number of carbonyl (C=O) groups is 1. The molecular weight excluding hydrogens is 252 g/mol. The SMILES string of the molecule is CC(CC1CC1)Nc1c(C(=O)O)cnc2ccccc12. The Bertz CT molecular complexity index is 650. The number of hydrogen-bond acceptors (Lipinski definition) is 3. The molecule has 0 radical (unpaired) electrons. The standard InChI is InChI=1S/C16H18N2O2/c1-10(8-11-6-7-11)18-15-12-4-2-3-5-14(12)17-9-13(15)16(19)20/h2-5,9-11H,6-8H2,1H3,(H,17,18)(H,19,20). The number of para-hydroxylation sites is 1. The van der Waals surface area contributed by atoms with Gasteiger partial charge in [-0.2, -0.15) is 0 Å². The molecule has 1 saturated carbocycles. The van der Waals surface area contributed by atoms with Crippen molar-refractivity contribution in [2.24, 2.45) is 5.92 Å². The van der Waals surface area contributed by atoms with Crippen molar-refractivity contribution in [3.05, 3.63) is 36.0 Å². The van der Waals surface area contributed by atoms with Gasteiger partial charge in [-0.15, -0.1) is 0 Å². The quantitative estimate of drug-likeness (QED) is 0.872. The predicted octanol–water partition coefficient (Wildman–Crippen LogP) is 3.53. The Labute approximate surface area is 117 Å². The maximum Gasteiger partial charge on any atom is 0.339 e. The molecule has 1 aromatic carbocycles. The van der Waals surface area contributed by atoms with E-state index in [-0.39, 0.29) is 11.6 Å². The van der Waals surface area contributed by atoms with Crippen LogP contribution in [-0.2, 0) is 0 Å². The van der Waals surface area contributed by atoms with E-state index in [1.807, 2.05) is 24.3 Å². The van der Waals surface area contributed by atoms with Crippen molar-refractivity contribution in [1.82, 2.24) is 4.98 Å². The van der Waals surface area contributed by atoms with E-state index in [1.165, 1.54) is 19.0 Å². The van der Waals surface area contributed by atoms with Gasteiger partial charge in [0, 0.05) is 17.6 Å². The molecule has 0 saturated heterocycles. The van der Waals surface area contributed by atoms with Crippen LogP contribution in [0.3, 0.4) is 0 Å².